The Morgan fingerprint density at radius 3 is 2.61 bits per heavy atom. The second-order valence-electron chi connectivity index (χ2n) is 5.03. The third-order valence-electron chi connectivity index (χ3n) is 3.26. The summed E-state index contributed by atoms with van der Waals surface area (Å²) in [6.07, 6.45) is 2.47. The Bertz CT molecular complexity index is 612. The van der Waals surface area contributed by atoms with Crippen molar-refractivity contribution in [1.29, 1.82) is 0 Å². The molecule has 2 N–H and O–H groups in total. The van der Waals surface area contributed by atoms with E-state index in [9.17, 15) is 4.21 Å². The summed E-state index contributed by atoms with van der Waals surface area (Å²) < 4.78 is 17.3. The van der Waals surface area contributed by atoms with Gasteiger partial charge in [-0.2, -0.15) is 0 Å². The summed E-state index contributed by atoms with van der Waals surface area (Å²) in [5.74, 6) is 2.84. The summed E-state index contributed by atoms with van der Waals surface area (Å²) in [5.41, 5.74) is 1.10. The van der Waals surface area contributed by atoms with Crippen molar-refractivity contribution in [2.24, 2.45) is 4.99 Å². The lowest BCUT2D eigenvalue weighted by Gasteiger charge is -2.11. The van der Waals surface area contributed by atoms with Crippen LogP contribution in [0.4, 0.5) is 0 Å². The van der Waals surface area contributed by atoms with Gasteiger partial charge in [-0.3, -0.25) is 9.20 Å². The van der Waals surface area contributed by atoms with Crippen molar-refractivity contribution >= 4 is 16.8 Å². The third kappa shape index (κ3) is 6.69. The normalized spacial score (nSPS) is 12.8. The van der Waals surface area contributed by atoms with E-state index >= 15 is 0 Å². The van der Waals surface area contributed by atoms with Crippen LogP contribution in [0, 0.1) is 0 Å². The zero-order valence-corrected chi connectivity index (χ0v) is 14.1. The molecule has 5 nitrogen and oxygen atoms in total. The van der Waals surface area contributed by atoms with Gasteiger partial charge in [-0.05, 0) is 17.7 Å². The first-order valence-corrected chi connectivity index (χ1v) is 9.12. The Hall–Kier alpha value is -2.08. The van der Waals surface area contributed by atoms with E-state index in [0.29, 0.717) is 24.0 Å². The average Bonchev–Trinajstić information content (AvgIpc) is 3.07. The molecule has 0 aliphatic heterocycles. The Balaban J connectivity index is 1.62. The highest BCUT2D eigenvalue weighted by molar-refractivity contribution is 7.84. The van der Waals surface area contributed by atoms with Crippen LogP contribution in [0.2, 0.25) is 0 Å². The fourth-order valence-corrected chi connectivity index (χ4v) is 3.13. The maximum atomic E-state index is 12.1. The lowest BCUT2D eigenvalue weighted by atomic mass is 10.2. The quantitative estimate of drug-likeness (QED) is 0.572. The summed E-state index contributed by atoms with van der Waals surface area (Å²) in [5, 5.41) is 6.39. The van der Waals surface area contributed by atoms with Crippen LogP contribution in [0.5, 0.6) is 0 Å². The second-order valence-corrected chi connectivity index (χ2v) is 6.61. The molecule has 0 saturated carbocycles. The lowest BCUT2D eigenvalue weighted by Crippen LogP contribution is -2.40. The molecular formula is C17H23N3O2S. The van der Waals surface area contributed by atoms with Crippen LogP contribution in [0.15, 0.2) is 58.1 Å². The summed E-state index contributed by atoms with van der Waals surface area (Å²) >= 11 is 0. The van der Waals surface area contributed by atoms with E-state index in [1.54, 1.807) is 13.3 Å². The number of rotatable bonds is 8. The summed E-state index contributed by atoms with van der Waals surface area (Å²) in [6, 6.07) is 13.7. The first-order chi connectivity index (χ1) is 11.3. The maximum Gasteiger partial charge on any atom is 0.191 e. The second kappa shape index (κ2) is 9.84. The number of hydrogen-bond donors (Lipinski definition) is 2. The van der Waals surface area contributed by atoms with Crippen LogP contribution >= 0.6 is 0 Å². The van der Waals surface area contributed by atoms with Gasteiger partial charge in [0.05, 0.1) is 6.26 Å². The molecule has 23 heavy (non-hydrogen) atoms. The average molecular weight is 333 g/mol. The molecule has 0 amide bonds. The van der Waals surface area contributed by atoms with E-state index in [-0.39, 0.29) is 0 Å². The first-order valence-electron chi connectivity index (χ1n) is 7.63. The molecule has 2 aromatic rings. The summed E-state index contributed by atoms with van der Waals surface area (Å²) in [7, 11) is 0.846. The molecule has 0 bridgehead atoms. The van der Waals surface area contributed by atoms with Gasteiger partial charge in [0.1, 0.15) is 5.76 Å². The molecule has 6 heteroatoms. The molecule has 0 radical (unpaired) electrons. The Labute approximate surface area is 139 Å². The first kappa shape index (κ1) is 17.3. The molecule has 0 aliphatic rings. The van der Waals surface area contributed by atoms with E-state index in [2.05, 4.69) is 15.6 Å². The topological polar surface area (TPSA) is 66.6 Å². The van der Waals surface area contributed by atoms with Gasteiger partial charge < -0.3 is 15.1 Å². The van der Waals surface area contributed by atoms with Crippen molar-refractivity contribution in [2.45, 2.75) is 12.2 Å². The van der Waals surface area contributed by atoms with Crippen LogP contribution < -0.4 is 10.6 Å². The summed E-state index contributed by atoms with van der Waals surface area (Å²) in [4.78, 5) is 4.15. The maximum absolute atomic E-state index is 12.1. The number of aliphatic imine (C=N–C) groups is 1. The van der Waals surface area contributed by atoms with Gasteiger partial charge in [-0.25, -0.2) is 0 Å². The molecule has 0 spiro atoms. The summed E-state index contributed by atoms with van der Waals surface area (Å²) in [6.45, 7) is 1.36. The zero-order valence-electron chi connectivity index (χ0n) is 13.3. The van der Waals surface area contributed by atoms with Crippen molar-refractivity contribution in [3.05, 3.63) is 60.1 Å². The highest BCUT2D eigenvalue weighted by Crippen LogP contribution is 2.02. The fraction of sp³-hybridized carbons (Fsp3) is 0.353. The van der Waals surface area contributed by atoms with Gasteiger partial charge >= 0.3 is 0 Å². The highest BCUT2D eigenvalue weighted by atomic mass is 32.2. The van der Waals surface area contributed by atoms with Crippen LogP contribution in [0.1, 0.15) is 11.3 Å². The zero-order chi connectivity index (χ0) is 16.3. The molecule has 1 atom stereocenters. The van der Waals surface area contributed by atoms with E-state index in [0.717, 1.165) is 24.3 Å². The molecule has 0 saturated heterocycles. The van der Waals surface area contributed by atoms with Gasteiger partial charge in [0.15, 0.2) is 5.96 Å². The van der Waals surface area contributed by atoms with Gasteiger partial charge in [0.2, 0.25) is 0 Å². The molecule has 1 unspecified atom stereocenters. The highest BCUT2D eigenvalue weighted by Gasteiger charge is 2.03. The standard InChI is InChI=1S/C17H23N3O2S/c1-18-17(19-10-9-16-8-5-12-22-16)20-11-13-23(21)14-15-6-3-2-4-7-15/h2-8,12H,9-11,13-14H2,1H3,(H2,18,19,20). The molecule has 1 aromatic carbocycles. The van der Waals surface area contributed by atoms with Crippen molar-refractivity contribution < 1.29 is 8.63 Å². The number of hydrogen-bond acceptors (Lipinski definition) is 3. The van der Waals surface area contributed by atoms with E-state index in [1.807, 2.05) is 42.5 Å². The van der Waals surface area contributed by atoms with Crippen molar-refractivity contribution in [3.8, 4) is 0 Å². The van der Waals surface area contributed by atoms with E-state index in [4.69, 9.17) is 4.42 Å². The van der Waals surface area contributed by atoms with Crippen LogP contribution in [0.3, 0.4) is 0 Å². The van der Waals surface area contributed by atoms with Crippen LogP contribution in [-0.2, 0) is 23.0 Å². The number of furan rings is 1. The van der Waals surface area contributed by atoms with E-state index in [1.165, 1.54) is 0 Å². The monoisotopic (exact) mass is 333 g/mol. The Morgan fingerprint density at radius 2 is 1.91 bits per heavy atom. The molecule has 1 heterocycles. The fourth-order valence-electron chi connectivity index (χ4n) is 2.10. The van der Waals surface area contributed by atoms with Crippen molar-refractivity contribution in [1.82, 2.24) is 10.6 Å². The van der Waals surface area contributed by atoms with E-state index < -0.39 is 10.8 Å². The predicted octanol–water partition coefficient (Wildman–Crippen LogP) is 1.94. The third-order valence-corrected chi connectivity index (χ3v) is 4.57. The molecule has 0 fully saturated rings. The van der Waals surface area contributed by atoms with Gasteiger partial charge in [-0.1, -0.05) is 30.3 Å². The molecular weight excluding hydrogens is 310 g/mol. The largest absolute Gasteiger partial charge is 0.469 e. The Kier molecular flexibility index (Phi) is 7.39. The number of guanidine groups is 1. The minimum atomic E-state index is -0.880. The van der Waals surface area contributed by atoms with Crippen molar-refractivity contribution in [3.63, 3.8) is 0 Å². The smallest absolute Gasteiger partial charge is 0.191 e. The lowest BCUT2D eigenvalue weighted by molar-refractivity contribution is 0.507. The van der Waals surface area contributed by atoms with Crippen LogP contribution in [-0.4, -0.2) is 36.1 Å². The van der Waals surface area contributed by atoms with Gasteiger partial charge in [-0.15, -0.1) is 0 Å². The minimum Gasteiger partial charge on any atom is -0.469 e. The molecule has 1 aromatic heterocycles. The Morgan fingerprint density at radius 1 is 1.13 bits per heavy atom. The number of benzene rings is 1. The molecule has 0 aliphatic carbocycles. The van der Waals surface area contributed by atoms with Crippen molar-refractivity contribution in [2.75, 3.05) is 25.9 Å². The van der Waals surface area contributed by atoms with Gasteiger partial charge in [0, 0.05) is 48.9 Å². The molecule has 124 valence electrons. The minimum absolute atomic E-state index is 0.590. The SMILES string of the molecule is CN=C(NCCc1ccco1)NCCS(=O)Cc1ccccc1. The van der Waals surface area contributed by atoms with Gasteiger partial charge in [0.25, 0.3) is 0 Å². The number of nitrogens with zero attached hydrogens (tertiary/aromatic N) is 1. The van der Waals surface area contributed by atoms with Crippen LogP contribution in [0.25, 0.3) is 0 Å². The predicted molar refractivity (Wildman–Crippen MR) is 94.9 cm³/mol. The molecule has 2 rings (SSSR count). The number of nitrogens with one attached hydrogen (secondary N) is 2.